The predicted molar refractivity (Wildman–Crippen MR) is 332 cm³/mol. The summed E-state index contributed by atoms with van der Waals surface area (Å²) >= 11 is 0. The Labute approximate surface area is 460 Å². The maximum atomic E-state index is 7.06. The van der Waals surface area contributed by atoms with Crippen LogP contribution in [0.25, 0.3) is 120 Å². The zero-order valence-electron chi connectivity index (χ0n) is 43.2. The first-order valence-corrected chi connectivity index (χ1v) is 27.0. The lowest BCUT2D eigenvalue weighted by atomic mass is 9.92. The van der Waals surface area contributed by atoms with E-state index in [1.165, 1.54) is 27.1 Å². The molecule has 0 aliphatic carbocycles. The van der Waals surface area contributed by atoms with Gasteiger partial charge < -0.3 is 13.7 Å². The van der Waals surface area contributed by atoms with Gasteiger partial charge in [-0.15, -0.1) is 0 Å². The van der Waals surface area contributed by atoms with Gasteiger partial charge in [0.05, 0.1) is 5.69 Å². The van der Waals surface area contributed by atoms with E-state index in [1.807, 2.05) is 30.6 Å². The van der Waals surface area contributed by atoms with Crippen LogP contribution in [0, 0.1) is 0 Å². The Hall–Kier alpha value is -10.8. The SMILES string of the molecule is c1ccc(-c2ccc(N(c3ccc4ccc5ccccc5c4c3)c3nccc4c3oc3cccc(-c5cccc6c5ccc5cc(N(c7ccc(-c8ccccc8)cc7)c7ccnc8c7oc7ccccc78)ccc56)c34)cc2)cc1. The van der Waals surface area contributed by atoms with Crippen molar-refractivity contribution in [2.24, 2.45) is 0 Å². The number of furan rings is 2. The number of benzene rings is 12. The summed E-state index contributed by atoms with van der Waals surface area (Å²) in [4.78, 5) is 14.6. The fourth-order valence-electron chi connectivity index (χ4n) is 12.2. The molecule has 80 heavy (non-hydrogen) atoms. The fraction of sp³-hybridized carbons (Fsp3) is 0. The maximum absolute atomic E-state index is 7.06. The van der Waals surface area contributed by atoms with E-state index in [2.05, 4.69) is 259 Å². The first kappa shape index (κ1) is 45.4. The van der Waals surface area contributed by atoms with Crippen molar-refractivity contribution in [1.82, 2.24) is 9.97 Å². The highest BCUT2D eigenvalue weighted by Gasteiger charge is 2.25. The summed E-state index contributed by atoms with van der Waals surface area (Å²) in [6.07, 6.45) is 3.81. The molecule has 16 rings (SSSR count). The predicted octanol–water partition coefficient (Wildman–Crippen LogP) is 20.8. The van der Waals surface area contributed by atoms with E-state index in [1.54, 1.807) is 0 Å². The highest BCUT2D eigenvalue weighted by atomic mass is 16.3. The number of anilines is 6. The van der Waals surface area contributed by atoms with Crippen molar-refractivity contribution < 1.29 is 8.83 Å². The second kappa shape index (κ2) is 18.4. The molecule has 4 heterocycles. The highest BCUT2D eigenvalue weighted by molar-refractivity contribution is 6.20. The number of para-hydroxylation sites is 1. The van der Waals surface area contributed by atoms with Gasteiger partial charge >= 0.3 is 0 Å². The molecule has 374 valence electrons. The normalized spacial score (nSPS) is 11.8. The van der Waals surface area contributed by atoms with Gasteiger partial charge in [-0.1, -0.05) is 188 Å². The zero-order valence-corrected chi connectivity index (χ0v) is 43.2. The molecular formula is C74H46N4O2. The fourth-order valence-corrected chi connectivity index (χ4v) is 12.2. The molecule has 0 aliphatic heterocycles. The Kier molecular flexibility index (Phi) is 10.5. The summed E-state index contributed by atoms with van der Waals surface area (Å²) in [5.41, 5.74) is 15.6. The van der Waals surface area contributed by atoms with Crippen LogP contribution in [0.4, 0.5) is 34.3 Å². The Balaban J connectivity index is 0.832. The minimum absolute atomic E-state index is 0.713. The Morgan fingerprint density at radius 2 is 0.825 bits per heavy atom. The third kappa shape index (κ3) is 7.42. The molecule has 0 saturated carbocycles. The molecule has 0 atom stereocenters. The number of nitrogens with zero attached hydrogens (tertiary/aromatic N) is 4. The van der Waals surface area contributed by atoms with E-state index < -0.39 is 0 Å². The van der Waals surface area contributed by atoms with Gasteiger partial charge in [-0.2, -0.15) is 0 Å². The summed E-state index contributed by atoms with van der Waals surface area (Å²) in [5.74, 6) is 0.713. The molecule has 0 unspecified atom stereocenters. The van der Waals surface area contributed by atoms with Gasteiger partial charge in [0, 0.05) is 51.3 Å². The number of hydrogen-bond donors (Lipinski definition) is 0. The van der Waals surface area contributed by atoms with Crippen molar-refractivity contribution in [2.75, 3.05) is 9.80 Å². The lowest BCUT2D eigenvalue weighted by Gasteiger charge is -2.26. The second-order valence-electron chi connectivity index (χ2n) is 20.5. The van der Waals surface area contributed by atoms with Crippen LogP contribution in [0.1, 0.15) is 0 Å². The molecule has 0 bridgehead atoms. The molecule has 6 nitrogen and oxygen atoms in total. The summed E-state index contributed by atoms with van der Waals surface area (Å²) in [5, 5.41) is 12.4. The van der Waals surface area contributed by atoms with Gasteiger partial charge in [0.25, 0.3) is 0 Å². The molecule has 0 fully saturated rings. The van der Waals surface area contributed by atoms with Crippen molar-refractivity contribution in [1.29, 1.82) is 0 Å². The average Bonchev–Trinajstić information content (AvgIpc) is 4.32. The smallest absolute Gasteiger partial charge is 0.181 e. The third-order valence-electron chi connectivity index (χ3n) is 15.9. The van der Waals surface area contributed by atoms with E-state index in [0.717, 1.165) is 116 Å². The quantitative estimate of drug-likeness (QED) is 0.134. The van der Waals surface area contributed by atoms with Gasteiger partial charge in [-0.3, -0.25) is 9.88 Å². The zero-order chi connectivity index (χ0) is 52.7. The van der Waals surface area contributed by atoms with E-state index in [0.29, 0.717) is 11.4 Å². The van der Waals surface area contributed by atoms with Crippen LogP contribution in [0.3, 0.4) is 0 Å². The monoisotopic (exact) mass is 1020 g/mol. The van der Waals surface area contributed by atoms with Gasteiger partial charge in [-0.25, -0.2) is 4.98 Å². The molecule has 0 amide bonds. The molecule has 0 aliphatic rings. The summed E-state index contributed by atoms with van der Waals surface area (Å²) in [6.45, 7) is 0. The van der Waals surface area contributed by atoms with Crippen molar-refractivity contribution in [3.8, 4) is 33.4 Å². The van der Waals surface area contributed by atoms with E-state index >= 15 is 0 Å². The van der Waals surface area contributed by atoms with Crippen molar-refractivity contribution in [3.05, 3.63) is 279 Å². The largest absolute Gasteiger partial charge is 0.452 e. The molecule has 0 spiro atoms. The number of fused-ring (bicyclic) bond motifs is 12. The maximum Gasteiger partial charge on any atom is 0.181 e. The molecule has 0 N–H and O–H groups in total. The topological polar surface area (TPSA) is 58.5 Å². The summed E-state index contributed by atoms with van der Waals surface area (Å²) in [7, 11) is 0. The third-order valence-corrected chi connectivity index (χ3v) is 15.9. The van der Waals surface area contributed by atoms with Crippen LogP contribution in [0.2, 0.25) is 0 Å². The van der Waals surface area contributed by atoms with Crippen LogP contribution >= 0.6 is 0 Å². The van der Waals surface area contributed by atoms with Crippen molar-refractivity contribution >= 4 is 121 Å². The second-order valence-corrected chi connectivity index (χ2v) is 20.5. The Morgan fingerprint density at radius 1 is 0.287 bits per heavy atom. The van der Waals surface area contributed by atoms with Crippen molar-refractivity contribution in [3.63, 3.8) is 0 Å². The molecule has 0 saturated heterocycles. The van der Waals surface area contributed by atoms with Crippen LogP contribution in [-0.2, 0) is 0 Å². The van der Waals surface area contributed by atoms with Crippen LogP contribution < -0.4 is 9.80 Å². The first-order chi connectivity index (χ1) is 39.7. The van der Waals surface area contributed by atoms with Crippen LogP contribution in [0.15, 0.2) is 288 Å². The Morgan fingerprint density at radius 3 is 1.61 bits per heavy atom. The van der Waals surface area contributed by atoms with Gasteiger partial charge in [0.1, 0.15) is 16.7 Å². The minimum Gasteiger partial charge on any atom is -0.452 e. The van der Waals surface area contributed by atoms with Gasteiger partial charge in [0.15, 0.2) is 17.0 Å². The standard InChI is InChI=1S/C74H46N4O2/c1-3-13-47(14-4-1)49-27-33-54(34-28-49)77(67-42-44-75-71-64-19-9-10-23-68(64)79-73(67)71)56-38-40-59-53(45-56)32-39-62-60(59)20-11-21-61(62)63-22-12-24-69-70(63)65-41-43-76-74(72(65)80-69)78(55-35-29-50(30-36-55)48-15-5-2-6-16-48)57-37-31-52-26-25-51-17-7-8-18-58(51)66(52)46-57/h1-46H. The van der Waals surface area contributed by atoms with E-state index in [-0.39, 0.29) is 0 Å². The van der Waals surface area contributed by atoms with E-state index in [9.17, 15) is 0 Å². The molecule has 12 aromatic carbocycles. The Bertz CT molecular complexity index is 5070. The summed E-state index contributed by atoms with van der Waals surface area (Å²) in [6, 6.07) is 94.9. The van der Waals surface area contributed by atoms with Crippen molar-refractivity contribution in [2.45, 2.75) is 0 Å². The number of hydrogen-bond acceptors (Lipinski definition) is 6. The van der Waals surface area contributed by atoms with E-state index in [4.69, 9.17) is 18.8 Å². The highest BCUT2D eigenvalue weighted by Crippen LogP contribution is 2.48. The minimum atomic E-state index is 0.713. The summed E-state index contributed by atoms with van der Waals surface area (Å²) < 4.78 is 13.7. The molecular weight excluding hydrogens is 977 g/mol. The van der Waals surface area contributed by atoms with Crippen LogP contribution in [0.5, 0.6) is 0 Å². The average molecular weight is 1020 g/mol. The lowest BCUT2D eigenvalue weighted by molar-refractivity contribution is 0.667. The molecule has 0 radical (unpaired) electrons. The van der Waals surface area contributed by atoms with Crippen LogP contribution in [-0.4, -0.2) is 9.97 Å². The molecule has 6 heteroatoms. The number of pyridine rings is 2. The van der Waals surface area contributed by atoms with Gasteiger partial charge in [-0.05, 0) is 155 Å². The van der Waals surface area contributed by atoms with Gasteiger partial charge in [0.2, 0.25) is 0 Å². The molecule has 4 aromatic heterocycles. The first-order valence-electron chi connectivity index (χ1n) is 27.0. The number of aromatic nitrogens is 2. The lowest BCUT2D eigenvalue weighted by Crippen LogP contribution is -2.11. The molecule has 16 aromatic rings. The number of rotatable bonds is 9.